The van der Waals surface area contributed by atoms with Gasteiger partial charge < -0.3 is 26.2 Å². The van der Waals surface area contributed by atoms with E-state index in [2.05, 4.69) is 61.6 Å². The van der Waals surface area contributed by atoms with Gasteiger partial charge in [0.15, 0.2) is 22.9 Å². The molecule has 6 aromatic heterocycles. The van der Waals surface area contributed by atoms with Crippen LogP contribution in [0.2, 0.25) is 0 Å². The molecule has 0 aliphatic carbocycles. The summed E-state index contributed by atoms with van der Waals surface area (Å²) in [5.41, 5.74) is -1.28. The van der Waals surface area contributed by atoms with Gasteiger partial charge in [0, 0.05) is 62.8 Å². The Bertz CT molecular complexity index is 3110. The van der Waals surface area contributed by atoms with Crippen molar-refractivity contribution in [2.75, 3.05) is 44.9 Å². The number of aromatic nitrogens is 12. The lowest BCUT2D eigenvalue weighted by Gasteiger charge is -2.25. The molecule has 0 spiro atoms. The number of nitrogens with zero attached hydrogens (tertiary/aromatic N) is 13. The number of likely N-dealkylation sites (N-methyl/N-ethyl adjacent to an activating group) is 2. The molecule has 8 aromatic rings. The van der Waals surface area contributed by atoms with E-state index in [1.54, 1.807) is 67.2 Å². The number of carbonyl (C=O) groups is 2. The number of carbonyl (C=O) groups excluding carboxylic acids is 2. The SMILES string of the molecule is CNC(=O)[C@@H](CN(C)C)Nc1nc2c(C(F)(F)F)cccc2c2nc(-c3cnn(C)c3)nn12.Cn1cc(-c2nc3c4cccc(C(F)(F)F)c4nc(NC4C(=O)NCC4(C)C)n3n2)cn1. The van der Waals surface area contributed by atoms with Crippen LogP contribution in [0.15, 0.2) is 61.2 Å². The lowest BCUT2D eigenvalue weighted by Crippen LogP contribution is -2.45. The maximum absolute atomic E-state index is 13.8. The number of nitrogens with one attached hydrogen (secondary N) is 4. The average molecular weight is 906 g/mol. The predicted molar refractivity (Wildman–Crippen MR) is 225 cm³/mol. The highest BCUT2D eigenvalue weighted by Gasteiger charge is 2.42. The third-order valence-corrected chi connectivity index (χ3v) is 10.6. The summed E-state index contributed by atoms with van der Waals surface area (Å²) in [6.07, 6.45) is -2.73. The summed E-state index contributed by atoms with van der Waals surface area (Å²) in [7, 11) is 8.50. The van der Waals surface area contributed by atoms with Crippen molar-refractivity contribution in [1.29, 1.82) is 0 Å². The van der Waals surface area contributed by atoms with Gasteiger partial charge in [0.25, 0.3) is 0 Å². The van der Waals surface area contributed by atoms with Crippen molar-refractivity contribution in [2.45, 2.75) is 38.3 Å². The lowest BCUT2D eigenvalue weighted by molar-refractivity contribution is -0.137. The fourth-order valence-corrected chi connectivity index (χ4v) is 7.38. The van der Waals surface area contributed by atoms with Gasteiger partial charge in [-0.05, 0) is 38.4 Å². The van der Waals surface area contributed by atoms with Crippen molar-refractivity contribution in [3.8, 4) is 22.8 Å². The van der Waals surface area contributed by atoms with E-state index in [0.29, 0.717) is 17.7 Å². The molecule has 7 heterocycles. The van der Waals surface area contributed by atoms with E-state index in [9.17, 15) is 35.9 Å². The predicted octanol–water partition coefficient (Wildman–Crippen LogP) is 4.42. The van der Waals surface area contributed by atoms with Crippen molar-refractivity contribution in [3.05, 3.63) is 72.3 Å². The molecule has 0 saturated carbocycles. The zero-order valence-electron chi connectivity index (χ0n) is 35.7. The average Bonchev–Trinajstić information content (AvgIpc) is 4.09. The Morgan fingerprint density at radius 1 is 0.815 bits per heavy atom. The number of alkyl halides is 6. The molecule has 340 valence electrons. The van der Waals surface area contributed by atoms with Crippen LogP contribution in [0.3, 0.4) is 0 Å². The third-order valence-electron chi connectivity index (χ3n) is 10.6. The summed E-state index contributed by atoms with van der Waals surface area (Å²) in [4.78, 5) is 44.1. The summed E-state index contributed by atoms with van der Waals surface area (Å²) >= 11 is 0. The van der Waals surface area contributed by atoms with Gasteiger partial charge in [-0.25, -0.2) is 19.9 Å². The zero-order chi connectivity index (χ0) is 46.7. The fraction of sp³-hybridized carbons (Fsp3) is 0.350. The Morgan fingerprint density at radius 2 is 1.31 bits per heavy atom. The van der Waals surface area contributed by atoms with Crippen LogP contribution in [0.25, 0.3) is 55.9 Å². The molecule has 1 unspecified atom stereocenters. The van der Waals surface area contributed by atoms with E-state index in [1.165, 1.54) is 40.3 Å². The monoisotopic (exact) mass is 905 g/mol. The first kappa shape index (κ1) is 44.2. The molecule has 2 amide bonds. The molecule has 1 saturated heterocycles. The van der Waals surface area contributed by atoms with Crippen molar-refractivity contribution in [1.82, 2.24) is 74.3 Å². The first-order valence-corrected chi connectivity index (χ1v) is 19.8. The van der Waals surface area contributed by atoms with E-state index in [-0.39, 0.29) is 75.0 Å². The van der Waals surface area contributed by atoms with E-state index in [4.69, 9.17) is 0 Å². The first-order valence-electron chi connectivity index (χ1n) is 19.8. The number of hydrogen-bond donors (Lipinski definition) is 4. The second kappa shape index (κ2) is 16.3. The molecule has 2 atom stereocenters. The summed E-state index contributed by atoms with van der Waals surface area (Å²) in [5, 5.41) is 28.8. The molecule has 1 fully saturated rings. The second-order valence-electron chi connectivity index (χ2n) is 16.3. The maximum Gasteiger partial charge on any atom is 0.418 e. The molecule has 9 rings (SSSR count). The standard InChI is InChI=1S/C20H22F3N9O.C20H19F3N8O/c1-24-18(33)14(10-30(2)3)26-19-27-15-12(6-5-7-13(15)20(21,22)23)17-28-16(29-32(17)19)11-8-25-31(4)9-11;1-19(2)9-24-17(32)14(19)27-18-26-13-11(5-4-6-12(13)20(21,22)23)16-28-15(29-31(16)18)10-7-25-30(3)8-10/h5-9,14H,10H2,1-4H3,(H,24,33)(H,26,27);4-8,14H,9H2,1-3H3,(H,24,32)(H,26,27)/t14-;/m1./s1. The molecule has 19 nitrogen and oxygen atoms in total. The number of rotatable bonds is 9. The maximum atomic E-state index is 13.8. The molecule has 2 aromatic carbocycles. The summed E-state index contributed by atoms with van der Waals surface area (Å²) in [5.74, 6) is -0.101. The van der Waals surface area contributed by atoms with E-state index in [0.717, 1.165) is 12.1 Å². The Kier molecular flexibility index (Phi) is 11.1. The molecule has 25 heteroatoms. The van der Waals surface area contributed by atoms with Crippen molar-refractivity contribution in [2.24, 2.45) is 19.5 Å². The van der Waals surface area contributed by atoms with Crippen molar-refractivity contribution >= 4 is 56.8 Å². The molecule has 1 aliphatic heterocycles. The fourth-order valence-electron chi connectivity index (χ4n) is 7.38. The Balaban J connectivity index is 0.000000177. The number of halogens is 6. The van der Waals surface area contributed by atoms with Crippen molar-refractivity contribution < 1.29 is 35.9 Å². The minimum atomic E-state index is -4.63. The van der Waals surface area contributed by atoms with Gasteiger partial charge >= 0.3 is 12.4 Å². The highest BCUT2D eigenvalue weighted by molar-refractivity contribution is 5.97. The van der Waals surface area contributed by atoms with E-state index < -0.39 is 41.0 Å². The molecule has 1 aliphatic rings. The van der Waals surface area contributed by atoms with Gasteiger partial charge in [-0.15, -0.1) is 10.2 Å². The van der Waals surface area contributed by atoms with Crippen LogP contribution in [0.5, 0.6) is 0 Å². The number of amides is 2. The molecule has 0 bridgehead atoms. The van der Waals surface area contributed by atoms with Gasteiger partial charge in [-0.3, -0.25) is 19.0 Å². The molecular weight excluding hydrogens is 865 g/mol. The number of hydrogen-bond acceptors (Lipinski definition) is 13. The largest absolute Gasteiger partial charge is 0.418 e. The van der Waals surface area contributed by atoms with Crippen LogP contribution < -0.4 is 21.3 Å². The van der Waals surface area contributed by atoms with Crippen LogP contribution in [0.4, 0.5) is 38.2 Å². The van der Waals surface area contributed by atoms with E-state index >= 15 is 0 Å². The summed E-state index contributed by atoms with van der Waals surface area (Å²) < 4.78 is 88.3. The number of para-hydroxylation sites is 2. The van der Waals surface area contributed by atoms with Gasteiger partial charge in [0.2, 0.25) is 23.7 Å². The molecule has 4 N–H and O–H groups in total. The van der Waals surface area contributed by atoms with Gasteiger partial charge in [-0.2, -0.15) is 45.6 Å². The quantitative estimate of drug-likeness (QED) is 0.148. The van der Waals surface area contributed by atoms with Crippen LogP contribution in [0.1, 0.15) is 25.0 Å². The smallest absolute Gasteiger partial charge is 0.357 e. The second-order valence-corrected chi connectivity index (χ2v) is 16.3. The van der Waals surface area contributed by atoms with Crippen LogP contribution in [-0.4, -0.2) is 122 Å². The van der Waals surface area contributed by atoms with Gasteiger partial charge in [0.05, 0.1) is 45.7 Å². The van der Waals surface area contributed by atoms with Crippen LogP contribution in [-0.2, 0) is 36.0 Å². The van der Waals surface area contributed by atoms with Crippen LogP contribution >= 0.6 is 0 Å². The Morgan fingerprint density at radius 3 is 1.72 bits per heavy atom. The topological polar surface area (TPSA) is 207 Å². The Hall–Kier alpha value is -7.44. The number of aryl methyl sites for hydroxylation is 2. The molecule has 0 radical (unpaired) electrons. The molecule has 65 heavy (non-hydrogen) atoms. The minimum absolute atomic E-state index is 0.00182. The highest BCUT2D eigenvalue weighted by Crippen LogP contribution is 2.38. The van der Waals surface area contributed by atoms with Gasteiger partial charge in [0.1, 0.15) is 12.1 Å². The molecular formula is C40H41F6N17O2. The zero-order valence-corrected chi connectivity index (χ0v) is 35.7. The Labute approximate surface area is 364 Å². The number of anilines is 2. The number of fused-ring (bicyclic) bond motifs is 6. The number of benzene rings is 2. The highest BCUT2D eigenvalue weighted by atomic mass is 19.4. The first-order chi connectivity index (χ1) is 30.6. The van der Waals surface area contributed by atoms with Gasteiger partial charge in [-0.1, -0.05) is 26.0 Å². The third kappa shape index (κ3) is 8.52. The van der Waals surface area contributed by atoms with Crippen molar-refractivity contribution in [3.63, 3.8) is 0 Å². The summed E-state index contributed by atoms with van der Waals surface area (Å²) in [6, 6.07) is 6.06. The normalized spacial score (nSPS) is 15.7. The van der Waals surface area contributed by atoms with Crippen LogP contribution in [0, 0.1) is 5.41 Å². The lowest BCUT2D eigenvalue weighted by atomic mass is 9.87. The minimum Gasteiger partial charge on any atom is -0.357 e. The summed E-state index contributed by atoms with van der Waals surface area (Å²) in [6.45, 7) is 4.45. The van der Waals surface area contributed by atoms with E-state index in [1.807, 2.05) is 13.8 Å².